The van der Waals surface area contributed by atoms with Crippen molar-refractivity contribution in [2.45, 2.75) is 20.0 Å². The molecular formula is C15H17F3N4O. The monoisotopic (exact) mass is 326 g/mol. The predicted octanol–water partition coefficient (Wildman–Crippen LogP) is 3.26. The van der Waals surface area contributed by atoms with E-state index in [9.17, 15) is 13.2 Å². The fraction of sp³-hybridized carbons (Fsp3) is 0.333. The van der Waals surface area contributed by atoms with Crippen molar-refractivity contribution >= 4 is 17.5 Å². The standard InChI is InChI=1S/C15H17F3N4O/c1-9-5-10(2)7-11(6-9)20-13-8-12(15(16,17)18)21-14(22-13)19-3-4-23/h5-8,23H,3-4H2,1-2H3,(H2,19,20,21,22). The average molecular weight is 326 g/mol. The van der Waals surface area contributed by atoms with E-state index in [0.717, 1.165) is 17.2 Å². The fourth-order valence-electron chi connectivity index (χ4n) is 2.10. The maximum Gasteiger partial charge on any atom is 0.433 e. The van der Waals surface area contributed by atoms with E-state index >= 15 is 0 Å². The van der Waals surface area contributed by atoms with Crippen molar-refractivity contribution in [3.8, 4) is 0 Å². The fourth-order valence-corrected chi connectivity index (χ4v) is 2.10. The molecule has 0 unspecified atom stereocenters. The minimum atomic E-state index is -4.59. The smallest absolute Gasteiger partial charge is 0.395 e. The highest BCUT2D eigenvalue weighted by atomic mass is 19.4. The van der Waals surface area contributed by atoms with Crippen LogP contribution in [0.5, 0.6) is 0 Å². The van der Waals surface area contributed by atoms with Gasteiger partial charge in [-0.1, -0.05) is 6.07 Å². The summed E-state index contributed by atoms with van der Waals surface area (Å²) < 4.78 is 38.8. The zero-order valence-electron chi connectivity index (χ0n) is 12.7. The summed E-state index contributed by atoms with van der Waals surface area (Å²) in [6, 6.07) is 6.43. The Hall–Kier alpha value is -2.35. The molecule has 0 saturated carbocycles. The van der Waals surface area contributed by atoms with Crippen molar-refractivity contribution in [3.05, 3.63) is 41.1 Å². The van der Waals surface area contributed by atoms with Gasteiger partial charge in [0, 0.05) is 18.3 Å². The number of alkyl halides is 3. The quantitative estimate of drug-likeness (QED) is 0.787. The number of benzene rings is 1. The van der Waals surface area contributed by atoms with E-state index in [4.69, 9.17) is 5.11 Å². The molecule has 0 aliphatic heterocycles. The van der Waals surface area contributed by atoms with Crippen LogP contribution >= 0.6 is 0 Å². The lowest BCUT2D eigenvalue weighted by Gasteiger charge is -2.13. The zero-order chi connectivity index (χ0) is 17.0. The van der Waals surface area contributed by atoms with Crippen molar-refractivity contribution in [1.82, 2.24) is 9.97 Å². The number of halogens is 3. The number of hydrogen-bond acceptors (Lipinski definition) is 5. The predicted molar refractivity (Wildman–Crippen MR) is 81.8 cm³/mol. The number of aromatic nitrogens is 2. The molecule has 0 radical (unpaired) electrons. The molecule has 0 saturated heterocycles. The van der Waals surface area contributed by atoms with E-state index in [1.807, 2.05) is 32.0 Å². The van der Waals surface area contributed by atoms with Gasteiger partial charge in [-0.25, -0.2) is 4.98 Å². The third-order valence-electron chi connectivity index (χ3n) is 2.91. The molecule has 5 nitrogen and oxygen atoms in total. The molecule has 3 N–H and O–H groups in total. The molecule has 2 rings (SSSR count). The summed E-state index contributed by atoms with van der Waals surface area (Å²) in [6.45, 7) is 3.62. The molecule has 0 fully saturated rings. The summed E-state index contributed by atoms with van der Waals surface area (Å²) in [6.07, 6.45) is -4.59. The topological polar surface area (TPSA) is 70.1 Å². The Morgan fingerprint density at radius 2 is 1.70 bits per heavy atom. The first-order chi connectivity index (χ1) is 10.8. The van der Waals surface area contributed by atoms with Gasteiger partial charge in [-0.15, -0.1) is 0 Å². The van der Waals surface area contributed by atoms with E-state index in [2.05, 4.69) is 20.6 Å². The third-order valence-corrected chi connectivity index (χ3v) is 2.91. The summed E-state index contributed by atoms with van der Waals surface area (Å²) in [7, 11) is 0. The Balaban J connectivity index is 2.36. The van der Waals surface area contributed by atoms with Gasteiger partial charge in [0.15, 0.2) is 5.69 Å². The number of aliphatic hydroxyl groups is 1. The lowest BCUT2D eigenvalue weighted by atomic mass is 10.1. The second-order valence-corrected chi connectivity index (χ2v) is 5.11. The van der Waals surface area contributed by atoms with Crippen LogP contribution in [-0.2, 0) is 6.18 Å². The summed E-state index contributed by atoms with van der Waals surface area (Å²) in [5.41, 5.74) is 1.55. The number of aryl methyl sites for hydroxylation is 2. The normalized spacial score (nSPS) is 11.4. The number of hydrogen-bond donors (Lipinski definition) is 3. The summed E-state index contributed by atoms with van der Waals surface area (Å²) in [4.78, 5) is 7.42. The van der Waals surface area contributed by atoms with Crippen LogP contribution in [0, 0.1) is 13.8 Å². The summed E-state index contributed by atoms with van der Waals surface area (Å²) in [5, 5.41) is 14.2. The first kappa shape index (κ1) is 17.0. The van der Waals surface area contributed by atoms with Gasteiger partial charge in [0.05, 0.1) is 6.61 Å². The Morgan fingerprint density at radius 1 is 1.04 bits per heavy atom. The maximum atomic E-state index is 12.9. The highest BCUT2D eigenvalue weighted by Crippen LogP contribution is 2.30. The SMILES string of the molecule is Cc1cc(C)cc(Nc2cc(C(F)(F)F)nc(NCCO)n2)c1. The van der Waals surface area contributed by atoms with Gasteiger partial charge in [-0.3, -0.25) is 0 Å². The van der Waals surface area contributed by atoms with Crippen molar-refractivity contribution in [3.63, 3.8) is 0 Å². The van der Waals surface area contributed by atoms with E-state index in [1.165, 1.54) is 0 Å². The molecule has 1 aromatic heterocycles. The van der Waals surface area contributed by atoms with Crippen LogP contribution < -0.4 is 10.6 Å². The highest BCUT2D eigenvalue weighted by molar-refractivity contribution is 5.59. The number of nitrogens with one attached hydrogen (secondary N) is 2. The Kier molecular flexibility index (Phi) is 5.05. The molecule has 0 aliphatic carbocycles. The Morgan fingerprint density at radius 3 is 2.26 bits per heavy atom. The number of nitrogens with zero attached hydrogens (tertiary/aromatic N) is 2. The van der Waals surface area contributed by atoms with Gasteiger partial charge in [-0.05, 0) is 37.1 Å². The van der Waals surface area contributed by atoms with Crippen LogP contribution in [0.3, 0.4) is 0 Å². The van der Waals surface area contributed by atoms with Crippen LogP contribution in [0.4, 0.5) is 30.6 Å². The largest absolute Gasteiger partial charge is 0.433 e. The highest BCUT2D eigenvalue weighted by Gasteiger charge is 2.33. The van der Waals surface area contributed by atoms with Crippen LogP contribution in [0.2, 0.25) is 0 Å². The molecule has 1 heterocycles. The lowest BCUT2D eigenvalue weighted by molar-refractivity contribution is -0.141. The van der Waals surface area contributed by atoms with Crippen LogP contribution in [0.15, 0.2) is 24.3 Å². The van der Waals surface area contributed by atoms with Gasteiger partial charge in [-0.2, -0.15) is 18.2 Å². The maximum absolute atomic E-state index is 12.9. The van der Waals surface area contributed by atoms with Crippen molar-refractivity contribution < 1.29 is 18.3 Å². The number of rotatable bonds is 5. The molecule has 0 aliphatic rings. The van der Waals surface area contributed by atoms with E-state index in [-0.39, 0.29) is 24.9 Å². The minimum absolute atomic E-state index is 0.0257. The summed E-state index contributed by atoms with van der Waals surface area (Å²) >= 11 is 0. The van der Waals surface area contributed by atoms with Crippen molar-refractivity contribution in [2.75, 3.05) is 23.8 Å². The number of aliphatic hydroxyl groups excluding tert-OH is 1. The van der Waals surface area contributed by atoms with Crippen molar-refractivity contribution in [1.29, 1.82) is 0 Å². The van der Waals surface area contributed by atoms with Crippen LogP contribution in [-0.4, -0.2) is 28.2 Å². The van der Waals surface area contributed by atoms with Gasteiger partial charge < -0.3 is 15.7 Å². The summed E-state index contributed by atoms with van der Waals surface area (Å²) in [5.74, 6) is -0.168. The Labute approximate surface area is 131 Å². The lowest BCUT2D eigenvalue weighted by Crippen LogP contribution is -2.15. The van der Waals surface area contributed by atoms with Gasteiger partial charge in [0.1, 0.15) is 5.82 Å². The van der Waals surface area contributed by atoms with Gasteiger partial charge >= 0.3 is 6.18 Å². The second-order valence-electron chi connectivity index (χ2n) is 5.11. The van der Waals surface area contributed by atoms with E-state index < -0.39 is 11.9 Å². The number of anilines is 3. The second kappa shape index (κ2) is 6.82. The molecule has 0 amide bonds. The molecule has 2 aromatic rings. The molecule has 124 valence electrons. The van der Waals surface area contributed by atoms with Crippen molar-refractivity contribution in [2.24, 2.45) is 0 Å². The van der Waals surface area contributed by atoms with Gasteiger partial charge in [0.25, 0.3) is 0 Å². The average Bonchev–Trinajstić information content (AvgIpc) is 2.42. The molecule has 0 atom stereocenters. The first-order valence-electron chi connectivity index (χ1n) is 6.94. The molecule has 0 spiro atoms. The van der Waals surface area contributed by atoms with Crippen LogP contribution in [0.25, 0.3) is 0 Å². The molecule has 23 heavy (non-hydrogen) atoms. The molecule has 0 bridgehead atoms. The molecule has 8 heteroatoms. The third kappa shape index (κ3) is 4.82. The Bertz CT molecular complexity index is 669. The van der Waals surface area contributed by atoms with Gasteiger partial charge in [0.2, 0.25) is 5.95 Å². The molecular weight excluding hydrogens is 309 g/mol. The van der Waals surface area contributed by atoms with E-state index in [0.29, 0.717) is 5.69 Å². The minimum Gasteiger partial charge on any atom is -0.395 e. The first-order valence-corrected chi connectivity index (χ1v) is 6.94. The van der Waals surface area contributed by atoms with Crippen LogP contribution in [0.1, 0.15) is 16.8 Å². The molecule has 1 aromatic carbocycles. The zero-order valence-corrected chi connectivity index (χ0v) is 12.7. The van der Waals surface area contributed by atoms with E-state index in [1.54, 1.807) is 0 Å².